The lowest BCUT2D eigenvalue weighted by atomic mass is 10.2. The summed E-state index contributed by atoms with van der Waals surface area (Å²) in [6, 6.07) is 0. The molecule has 0 bridgehead atoms. The Bertz CT molecular complexity index is 1770. The number of hydrogen-bond acceptors (Lipinski definition) is 10. The number of rotatable bonds is 44. The Morgan fingerprint density at radius 3 is 1.19 bits per heavy atom. The molecule has 3 unspecified atom stereocenters. The second kappa shape index (κ2) is 50.5. The van der Waals surface area contributed by atoms with Gasteiger partial charge in [-0.05, 0) is 109 Å². The summed E-state index contributed by atoms with van der Waals surface area (Å²) in [5.41, 5.74) is 0. The van der Waals surface area contributed by atoms with Crippen molar-refractivity contribution in [2.24, 2.45) is 0 Å². The number of hydrogen-bond donors (Lipinski definition) is 2. The zero-order chi connectivity index (χ0) is 51.3. The van der Waals surface area contributed by atoms with Crippen molar-refractivity contribution in [1.82, 2.24) is 0 Å². The maximum Gasteiger partial charge on any atom is 0.472 e. The summed E-state index contributed by atoms with van der Waals surface area (Å²) in [7, 11) is -4.80. The van der Waals surface area contributed by atoms with Crippen molar-refractivity contribution < 1.29 is 52.2 Å². The van der Waals surface area contributed by atoms with Gasteiger partial charge in [0, 0.05) is 12.8 Å². The minimum atomic E-state index is -4.80. The summed E-state index contributed by atoms with van der Waals surface area (Å²) in [6.07, 6.45) is 65.6. The van der Waals surface area contributed by atoms with Gasteiger partial charge in [-0.1, -0.05) is 179 Å². The van der Waals surface area contributed by atoms with E-state index >= 15 is 0 Å². The molecule has 0 aromatic carbocycles. The van der Waals surface area contributed by atoms with Gasteiger partial charge in [-0.2, -0.15) is 0 Å². The molecule has 2 N–H and O–H groups in total. The fraction of sp³-hybridized carbons (Fsp3) is 0.500. The molecule has 11 nitrogen and oxygen atoms in total. The van der Waals surface area contributed by atoms with Crippen LogP contribution in [0.4, 0.5) is 0 Å². The topological polar surface area (TPSA) is 155 Å². The molecule has 0 rings (SSSR count). The normalized spacial score (nSPS) is 14.8. The highest BCUT2D eigenvalue weighted by atomic mass is 31.2. The number of unbranched alkanes of at least 4 members (excludes halogenated alkanes) is 2. The van der Waals surface area contributed by atoms with Crippen molar-refractivity contribution in [3.05, 3.63) is 158 Å². The number of carbonyl (C=O) groups excluding carboxylic acids is 3. The molecule has 0 heterocycles. The van der Waals surface area contributed by atoms with Crippen LogP contribution in [0.25, 0.3) is 0 Å². The molecule has 0 amide bonds. The predicted octanol–water partition coefficient (Wildman–Crippen LogP) is 14.6. The molecule has 70 heavy (non-hydrogen) atoms. The van der Waals surface area contributed by atoms with Gasteiger partial charge >= 0.3 is 25.7 Å². The number of aliphatic hydroxyl groups excluding tert-OH is 1. The van der Waals surface area contributed by atoms with Crippen LogP contribution in [-0.2, 0) is 42.2 Å². The summed E-state index contributed by atoms with van der Waals surface area (Å²) in [5, 5.41) is 9.77. The van der Waals surface area contributed by atoms with Gasteiger partial charge in [0.05, 0.1) is 26.2 Å². The number of carbonyl (C=O) groups is 3. The van der Waals surface area contributed by atoms with Gasteiger partial charge in [-0.25, -0.2) is 4.57 Å². The van der Waals surface area contributed by atoms with E-state index < -0.39 is 64.4 Å². The van der Waals surface area contributed by atoms with E-state index in [-0.39, 0.29) is 19.3 Å². The van der Waals surface area contributed by atoms with E-state index in [0.29, 0.717) is 19.3 Å². The molecule has 390 valence electrons. The smallest absolute Gasteiger partial charge is 0.462 e. The quantitative estimate of drug-likeness (QED) is 0.0197. The van der Waals surface area contributed by atoms with Crippen molar-refractivity contribution >= 4 is 25.7 Å². The Balaban J connectivity index is 5.00. The molecule has 0 radical (unpaired) electrons. The van der Waals surface area contributed by atoms with Gasteiger partial charge in [0.15, 0.2) is 6.10 Å². The molecule has 0 fully saturated rings. The summed E-state index contributed by atoms with van der Waals surface area (Å²) >= 11 is 0. The van der Waals surface area contributed by atoms with Crippen molar-refractivity contribution in [3.8, 4) is 0 Å². The first kappa shape index (κ1) is 65.1. The van der Waals surface area contributed by atoms with Gasteiger partial charge in [0.1, 0.15) is 12.7 Å². The molecule has 0 saturated carbocycles. The molecular weight excluding hydrogens is 904 g/mol. The zero-order valence-corrected chi connectivity index (χ0v) is 43.5. The van der Waals surface area contributed by atoms with Crippen molar-refractivity contribution in [2.45, 2.75) is 161 Å². The minimum absolute atomic E-state index is 0.0734. The maximum absolute atomic E-state index is 12.8. The molecule has 12 heteroatoms. The molecule has 0 aromatic heterocycles. The van der Waals surface area contributed by atoms with Gasteiger partial charge in [-0.15, -0.1) is 0 Å². The Morgan fingerprint density at radius 2 is 0.771 bits per heavy atom. The summed E-state index contributed by atoms with van der Waals surface area (Å²) in [6.45, 7) is 3.99. The molecule has 0 aromatic rings. The van der Waals surface area contributed by atoms with Crippen LogP contribution in [0.15, 0.2) is 158 Å². The van der Waals surface area contributed by atoms with Crippen LogP contribution in [0, 0.1) is 0 Å². The SMILES string of the molecule is CC/C=C\C/C=C\C/C=C\C/C=C\C/C=C\CC(=O)OC(COC(=O)CC/C=C\C/C=C\C/C=C\C/C=C\CC)COP(=O)(O)OCC(CO)OC(=O)CCCC/C=C\C/C=C\C/C=C\C/C=C\CC. The highest BCUT2D eigenvalue weighted by Gasteiger charge is 2.28. The highest BCUT2D eigenvalue weighted by molar-refractivity contribution is 7.47. The average Bonchev–Trinajstić information content (AvgIpc) is 3.35. The van der Waals surface area contributed by atoms with E-state index in [1.165, 1.54) is 0 Å². The number of phosphoric ester groups is 1. The second-order valence-electron chi connectivity index (χ2n) is 15.8. The van der Waals surface area contributed by atoms with E-state index in [4.69, 9.17) is 23.3 Å². The number of aliphatic hydroxyl groups is 1. The lowest BCUT2D eigenvalue weighted by molar-refractivity contribution is -0.160. The Hall–Kier alpha value is -4.90. The molecule has 0 saturated heterocycles. The molecular formula is C58H87O11P. The highest BCUT2D eigenvalue weighted by Crippen LogP contribution is 2.43. The first-order chi connectivity index (χ1) is 34.2. The molecule has 3 atom stereocenters. The van der Waals surface area contributed by atoms with Gasteiger partial charge in [0.2, 0.25) is 0 Å². The second-order valence-corrected chi connectivity index (χ2v) is 17.3. The fourth-order valence-corrected chi connectivity index (χ4v) is 6.51. The average molecular weight is 991 g/mol. The van der Waals surface area contributed by atoms with Gasteiger partial charge < -0.3 is 24.2 Å². The van der Waals surface area contributed by atoms with Crippen LogP contribution in [0.2, 0.25) is 0 Å². The van der Waals surface area contributed by atoms with Crippen LogP contribution < -0.4 is 0 Å². The Morgan fingerprint density at radius 1 is 0.414 bits per heavy atom. The number of ether oxygens (including phenoxy) is 3. The van der Waals surface area contributed by atoms with E-state index in [1.54, 1.807) is 6.08 Å². The van der Waals surface area contributed by atoms with Crippen molar-refractivity contribution in [2.75, 3.05) is 26.4 Å². The fourth-order valence-electron chi connectivity index (χ4n) is 5.73. The monoisotopic (exact) mass is 991 g/mol. The Labute approximate surface area is 422 Å². The maximum atomic E-state index is 12.8. The number of esters is 3. The zero-order valence-electron chi connectivity index (χ0n) is 42.7. The Kier molecular flexibility index (Phi) is 47.0. The first-order valence-corrected chi connectivity index (χ1v) is 26.9. The summed E-state index contributed by atoms with van der Waals surface area (Å²) in [5.74, 6) is -1.79. The molecule has 0 aliphatic carbocycles. The number of allylic oxidation sites excluding steroid dienone is 25. The van der Waals surface area contributed by atoms with Crippen LogP contribution in [-0.4, -0.2) is 66.5 Å². The molecule has 0 aliphatic rings. The third kappa shape index (κ3) is 48.1. The van der Waals surface area contributed by atoms with E-state index in [9.17, 15) is 28.9 Å². The third-order valence-electron chi connectivity index (χ3n) is 9.47. The van der Waals surface area contributed by atoms with Gasteiger partial charge in [-0.3, -0.25) is 23.4 Å². The van der Waals surface area contributed by atoms with Crippen molar-refractivity contribution in [1.29, 1.82) is 0 Å². The van der Waals surface area contributed by atoms with Crippen LogP contribution >= 0.6 is 7.82 Å². The minimum Gasteiger partial charge on any atom is -0.462 e. The van der Waals surface area contributed by atoms with Crippen LogP contribution in [0.3, 0.4) is 0 Å². The van der Waals surface area contributed by atoms with Crippen LogP contribution in [0.1, 0.15) is 149 Å². The summed E-state index contributed by atoms with van der Waals surface area (Å²) < 4.78 is 39.1. The first-order valence-electron chi connectivity index (χ1n) is 25.4. The van der Waals surface area contributed by atoms with Crippen molar-refractivity contribution in [3.63, 3.8) is 0 Å². The predicted molar refractivity (Wildman–Crippen MR) is 288 cm³/mol. The van der Waals surface area contributed by atoms with E-state index in [2.05, 4.69) is 142 Å². The lowest BCUT2D eigenvalue weighted by Crippen LogP contribution is -2.30. The third-order valence-corrected chi connectivity index (χ3v) is 10.4. The molecule has 0 spiro atoms. The summed E-state index contributed by atoms with van der Waals surface area (Å²) in [4.78, 5) is 48.2. The standard InChI is InChI=1S/C58H87O11P/c1-4-7-10-13-16-19-22-25-27-30-33-36-39-42-45-48-57(61)68-54(50-59)52-66-70(63,64)67-53-55(51-65-56(60)47-44-41-38-35-32-29-24-21-18-15-12-9-6-3)69-58(62)49-46-43-40-37-34-31-28-26-23-20-17-14-11-8-5-2/h7-12,16-21,25-29,32-34,36-38,41,43,46,54-55,59H,4-6,13-15,22-24,30-31,35,39-40,42,44-45,47-53H2,1-3H3,(H,63,64)/b10-7-,11-8-,12-9-,19-16-,20-17-,21-18-,27-25-,28-26-,32-29-,36-33-,37-34-,41-38-,46-43-. The lowest BCUT2D eigenvalue weighted by Gasteiger charge is -2.21. The molecule has 0 aliphatic heterocycles. The van der Waals surface area contributed by atoms with E-state index in [1.807, 2.05) is 30.4 Å². The van der Waals surface area contributed by atoms with Crippen LogP contribution in [0.5, 0.6) is 0 Å². The number of phosphoric acid groups is 1. The largest absolute Gasteiger partial charge is 0.472 e. The van der Waals surface area contributed by atoms with E-state index in [0.717, 1.165) is 89.9 Å². The van der Waals surface area contributed by atoms with Gasteiger partial charge in [0.25, 0.3) is 0 Å².